The number of aromatic hydroxyl groups is 1. The number of esters is 1. The molecule has 7 nitrogen and oxygen atoms in total. The average Bonchev–Trinajstić information content (AvgIpc) is 3.18. The Hall–Kier alpha value is -3.76. The molecule has 0 spiro atoms. The van der Waals surface area contributed by atoms with Crippen LogP contribution in [-0.2, 0) is 16.0 Å². The molecule has 0 atom stereocenters. The lowest BCUT2D eigenvalue weighted by Crippen LogP contribution is -2.16. The molecule has 3 rings (SSSR count). The first-order valence-electron chi connectivity index (χ1n) is 10.8. The summed E-state index contributed by atoms with van der Waals surface area (Å²) in [7, 11) is 1.27. The van der Waals surface area contributed by atoms with Crippen LogP contribution in [0.4, 0.5) is 8.78 Å². The Balaban J connectivity index is 1.72. The van der Waals surface area contributed by atoms with Gasteiger partial charge in [0.1, 0.15) is 22.8 Å². The number of thiophene rings is 1. The van der Waals surface area contributed by atoms with E-state index in [4.69, 9.17) is 20.8 Å². The maximum Gasteiger partial charge on any atom is 0.351 e. The summed E-state index contributed by atoms with van der Waals surface area (Å²) in [5.41, 5.74) is -1.42. The lowest BCUT2D eigenvalue weighted by molar-refractivity contribution is -0.134. The molecule has 194 valence electrons. The van der Waals surface area contributed by atoms with Gasteiger partial charge in [0.25, 0.3) is 0 Å². The van der Waals surface area contributed by atoms with Crippen molar-refractivity contribution in [2.24, 2.45) is 0 Å². The highest BCUT2D eigenvalue weighted by Gasteiger charge is 2.21. The van der Waals surface area contributed by atoms with E-state index in [0.29, 0.717) is 24.1 Å². The molecule has 2 aromatic heterocycles. The van der Waals surface area contributed by atoms with Crippen molar-refractivity contribution in [3.05, 3.63) is 91.3 Å². The first-order valence-corrected chi connectivity index (χ1v) is 12.0. The van der Waals surface area contributed by atoms with E-state index < -0.39 is 40.3 Å². The van der Waals surface area contributed by atoms with Crippen LogP contribution in [0.1, 0.15) is 40.8 Å². The van der Waals surface area contributed by atoms with E-state index in [1.807, 2.05) is 0 Å². The largest absolute Gasteiger partial charge is 0.507 e. The normalized spacial score (nSPS) is 11.6. The number of aryl methyl sites for hydroxylation is 1. The molecule has 3 aromatic rings. The van der Waals surface area contributed by atoms with Gasteiger partial charge in [-0.25, -0.2) is 18.4 Å². The fraction of sp³-hybridized carbons (Fsp3) is 0.192. The van der Waals surface area contributed by atoms with Crippen LogP contribution in [0.25, 0.3) is 6.08 Å². The number of unbranched alkanes of at least 4 members (excludes halogenated alkanes) is 1. The van der Waals surface area contributed by atoms with Crippen molar-refractivity contribution in [1.29, 1.82) is 0 Å². The molecule has 1 N–H and O–H groups in total. The third-order valence-corrected chi connectivity index (χ3v) is 6.35. The number of methoxy groups -OCH3 is 1. The van der Waals surface area contributed by atoms with Crippen LogP contribution in [0, 0.1) is 11.6 Å². The van der Waals surface area contributed by atoms with E-state index in [1.54, 1.807) is 6.08 Å². The van der Waals surface area contributed by atoms with Gasteiger partial charge >= 0.3 is 11.6 Å². The van der Waals surface area contributed by atoms with Crippen LogP contribution in [0.15, 0.2) is 57.3 Å². The first-order chi connectivity index (χ1) is 17.6. The molecule has 0 fully saturated rings. The number of carbonyl (C=O) groups is 2. The minimum Gasteiger partial charge on any atom is -0.507 e. The summed E-state index contributed by atoms with van der Waals surface area (Å²) in [6.07, 6.45) is 5.62. The zero-order valence-electron chi connectivity index (χ0n) is 19.7. The predicted octanol–water partition coefficient (Wildman–Crippen LogP) is 6.47. The number of ketones is 1. The first kappa shape index (κ1) is 27.8. The van der Waals surface area contributed by atoms with Gasteiger partial charge in [0.2, 0.25) is 0 Å². The standard InChI is InChI=1S/C26H21ClF2O7S/c1-14(10-21-17(27)13-23(37-21)35-16-8-9-18(28)19(29)11-16)25(32)24-20(30)12-15(36-26(24)33)6-4-3-5-7-22(31)34-2/h5,7-13,30H,3-4,6H2,1-2H3/b7-5+,14-10+. The van der Waals surface area contributed by atoms with Gasteiger partial charge in [-0.1, -0.05) is 29.0 Å². The molecule has 0 saturated carbocycles. The molecule has 0 bridgehead atoms. The Kier molecular flexibility index (Phi) is 9.37. The zero-order valence-corrected chi connectivity index (χ0v) is 21.3. The summed E-state index contributed by atoms with van der Waals surface area (Å²) in [5.74, 6) is -3.59. The number of halogens is 3. The molecule has 0 aliphatic carbocycles. The van der Waals surface area contributed by atoms with E-state index in [9.17, 15) is 28.3 Å². The molecule has 0 unspecified atom stereocenters. The maximum absolute atomic E-state index is 13.4. The molecular weight excluding hydrogens is 530 g/mol. The van der Waals surface area contributed by atoms with Crippen LogP contribution in [0.3, 0.4) is 0 Å². The van der Waals surface area contributed by atoms with Gasteiger partial charge in [-0.15, -0.1) is 0 Å². The van der Waals surface area contributed by atoms with Gasteiger partial charge in [0.05, 0.1) is 12.1 Å². The number of benzene rings is 1. The summed E-state index contributed by atoms with van der Waals surface area (Å²) in [6, 6.07) is 5.71. The van der Waals surface area contributed by atoms with Crippen molar-refractivity contribution in [3.63, 3.8) is 0 Å². The Morgan fingerprint density at radius 3 is 2.62 bits per heavy atom. The smallest absolute Gasteiger partial charge is 0.351 e. The Bertz CT molecular complexity index is 1440. The third-order valence-electron chi connectivity index (χ3n) is 4.96. The molecule has 0 radical (unpaired) electrons. The van der Waals surface area contributed by atoms with E-state index in [1.165, 1.54) is 44.4 Å². The SMILES string of the molecule is COC(=O)/C=C/CCCc1cc(O)c(C(=O)/C(C)=C/c2sc(Oc3ccc(F)c(F)c3)cc2Cl)c(=O)o1. The lowest BCUT2D eigenvalue weighted by atomic mass is 10.0. The van der Waals surface area contributed by atoms with Gasteiger partial charge in [0.15, 0.2) is 22.5 Å². The van der Waals surface area contributed by atoms with E-state index >= 15 is 0 Å². The molecule has 0 aliphatic rings. The molecule has 0 amide bonds. The Morgan fingerprint density at radius 2 is 1.95 bits per heavy atom. The number of hydrogen-bond acceptors (Lipinski definition) is 8. The van der Waals surface area contributed by atoms with Crippen molar-refractivity contribution in [3.8, 4) is 16.6 Å². The number of rotatable bonds is 10. The number of ether oxygens (including phenoxy) is 2. The highest BCUT2D eigenvalue weighted by molar-refractivity contribution is 7.15. The van der Waals surface area contributed by atoms with Crippen LogP contribution in [0.5, 0.6) is 16.6 Å². The summed E-state index contributed by atoms with van der Waals surface area (Å²) in [6.45, 7) is 1.44. The second kappa shape index (κ2) is 12.5. The predicted molar refractivity (Wildman–Crippen MR) is 134 cm³/mol. The van der Waals surface area contributed by atoms with Gasteiger partial charge in [0, 0.05) is 35.6 Å². The molecule has 11 heteroatoms. The van der Waals surface area contributed by atoms with Crippen molar-refractivity contribution >= 4 is 40.8 Å². The van der Waals surface area contributed by atoms with Crippen LogP contribution < -0.4 is 10.4 Å². The number of allylic oxidation sites excluding steroid dienone is 2. The van der Waals surface area contributed by atoms with Gasteiger partial charge in [-0.2, -0.15) is 0 Å². The summed E-state index contributed by atoms with van der Waals surface area (Å²) in [5, 5.41) is 10.8. The van der Waals surface area contributed by atoms with Crippen molar-refractivity contribution in [1.82, 2.24) is 0 Å². The topological polar surface area (TPSA) is 103 Å². The van der Waals surface area contributed by atoms with Crippen molar-refractivity contribution in [2.75, 3.05) is 7.11 Å². The van der Waals surface area contributed by atoms with Crippen LogP contribution >= 0.6 is 22.9 Å². The van der Waals surface area contributed by atoms with E-state index in [0.717, 1.165) is 23.5 Å². The molecular formula is C26H21ClF2O7S. The summed E-state index contributed by atoms with van der Waals surface area (Å²) < 4.78 is 41.7. The van der Waals surface area contributed by atoms with E-state index in [-0.39, 0.29) is 27.2 Å². The zero-order chi connectivity index (χ0) is 27.1. The third kappa shape index (κ3) is 7.37. The fourth-order valence-corrected chi connectivity index (χ4v) is 4.39. The van der Waals surface area contributed by atoms with Crippen molar-refractivity contribution in [2.45, 2.75) is 26.2 Å². The second-order valence-corrected chi connectivity index (χ2v) is 9.14. The number of carbonyl (C=O) groups excluding carboxylic acids is 2. The number of hydrogen-bond donors (Lipinski definition) is 1. The highest BCUT2D eigenvalue weighted by atomic mass is 35.5. The van der Waals surface area contributed by atoms with E-state index in [2.05, 4.69) is 4.74 Å². The fourth-order valence-electron chi connectivity index (χ4n) is 3.13. The quantitative estimate of drug-likeness (QED) is 0.133. The Labute approximate surface area is 219 Å². The molecule has 2 heterocycles. The van der Waals surface area contributed by atoms with Crippen LogP contribution in [0.2, 0.25) is 5.02 Å². The number of Topliss-reactive ketones (excluding diaryl/α,β-unsaturated/α-hetero) is 1. The molecule has 37 heavy (non-hydrogen) atoms. The van der Waals surface area contributed by atoms with Gasteiger partial charge in [-0.3, -0.25) is 4.79 Å². The summed E-state index contributed by atoms with van der Waals surface area (Å²) in [4.78, 5) is 36.8. The van der Waals surface area contributed by atoms with Gasteiger partial charge < -0.3 is 19.0 Å². The Morgan fingerprint density at radius 1 is 1.19 bits per heavy atom. The minimum absolute atomic E-state index is 0.0576. The molecule has 0 aliphatic heterocycles. The van der Waals surface area contributed by atoms with Gasteiger partial charge in [-0.05, 0) is 43.5 Å². The van der Waals surface area contributed by atoms with Crippen LogP contribution in [-0.4, -0.2) is 24.0 Å². The lowest BCUT2D eigenvalue weighted by Gasteiger charge is -2.05. The minimum atomic E-state index is -1.07. The van der Waals surface area contributed by atoms with Crippen molar-refractivity contribution < 1.29 is 37.4 Å². The molecule has 0 saturated heterocycles. The highest BCUT2D eigenvalue weighted by Crippen LogP contribution is 2.37. The monoisotopic (exact) mass is 550 g/mol. The summed E-state index contributed by atoms with van der Waals surface area (Å²) >= 11 is 7.26. The average molecular weight is 551 g/mol. The second-order valence-electron chi connectivity index (χ2n) is 7.69. The maximum atomic E-state index is 13.4. The molecule has 1 aromatic carbocycles.